The Bertz CT molecular complexity index is 475. The minimum Gasteiger partial charge on any atom is -0.493 e. The van der Waals surface area contributed by atoms with Gasteiger partial charge in [0.1, 0.15) is 11.3 Å². The van der Waals surface area contributed by atoms with Crippen LogP contribution in [-0.2, 0) is 10.9 Å². The molecule has 0 amide bonds. The van der Waals surface area contributed by atoms with E-state index in [0.717, 1.165) is 44.7 Å². The number of carbonyl (C=O) groups excluding carboxylic acids is 1. The second-order valence-electron chi connectivity index (χ2n) is 4.36. The monoisotopic (exact) mass is 305 g/mol. The van der Waals surface area contributed by atoms with Crippen molar-refractivity contribution in [1.29, 1.82) is 0 Å². The first-order valence-electron chi connectivity index (χ1n) is 6.47. The van der Waals surface area contributed by atoms with Gasteiger partial charge in [-0.1, -0.05) is 0 Å². The highest BCUT2D eigenvalue weighted by Crippen LogP contribution is 2.32. The zero-order chi connectivity index (χ0) is 15.9. The van der Waals surface area contributed by atoms with Crippen LogP contribution in [0, 0.1) is 0 Å². The van der Waals surface area contributed by atoms with Crippen LogP contribution < -0.4 is 10.1 Å². The van der Waals surface area contributed by atoms with Gasteiger partial charge >= 0.3 is 12.1 Å². The molecule has 0 atom stereocenters. The van der Waals surface area contributed by atoms with E-state index in [1.54, 1.807) is 0 Å². The van der Waals surface area contributed by atoms with Crippen molar-refractivity contribution < 1.29 is 27.4 Å². The van der Waals surface area contributed by atoms with E-state index in [2.05, 4.69) is 10.1 Å². The Labute approximate surface area is 121 Å². The van der Waals surface area contributed by atoms with E-state index in [0.29, 0.717) is 6.61 Å². The van der Waals surface area contributed by atoms with Gasteiger partial charge in [0, 0.05) is 0 Å². The lowest BCUT2D eigenvalue weighted by molar-refractivity contribution is -0.137. The van der Waals surface area contributed by atoms with E-state index >= 15 is 0 Å². The average molecular weight is 305 g/mol. The number of rotatable bonds is 7. The van der Waals surface area contributed by atoms with Crippen LogP contribution in [0.1, 0.15) is 28.8 Å². The Morgan fingerprint density at radius 3 is 2.57 bits per heavy atom. The first-order chi connectivity index (χ1) is 9.90. The van der Waals surface area contributed by atoms with Crippen LogP contribution in [0.4, 0.5) is 13.2 Å². The first kappa shape index (κ1) is 17.3. The normalized spacial score (nSPS) is 11.3. The molecule has 0 heterocycles. The number of esters is 1. The number of halogens is 3. The molecule has 7 heteroatoms. The predicted molar refractivity (Wildman–Crippen MR) is 71.4 cm³/mol. The van der Waals surface area contributed by atoms with Crippen LogP contribution in [0.5, 0.6) is 5.75 Å². The average Bonchev–Trinajstić information content (AvgIpc) is 2.45. The molecule has 1 aromatic rings. The van der Waals surface area contributed by atoms with E-state index < -0.39 is 17.7 Å². The Kier molecular flexibility index (Phi) is 6.48. The van der Waals surface area contributed by atoms with E-state index in [9.17, 15) is 18.0 Å². The van der Waals surface area contributed by atoms with Crippen molar-refractivity contribution in [3.8, 4) is 5.75 Å². The molecule has 0 aromatic heterocycles. The lowest BCUT2D eigenvalue weighted by atomic mass is 10.1. The number of ether oxygens (including phenoxy) is 2. The fourth-order valence-corrected chi connectivity index (χ4v) is 1.69. The highest BCUT2D eigenvalue weighted by molar-refractivity contribution is 5.92. The summed E-state index contributed by atoms with van der Waals surface area (Å²) in [4.78, 5) is 11.6. The predicted octanol–water partition coefficient (Wildman–Crippen LogP) is 2.87. The Hall–Kier alpha value is -1.76. The van der Waals surface area contributed by atoms with Gasteiger partial charge in [-0.25, -0.2) is 4.79 Å². The molecule has 1 N–H and O–H groups in total. The van der Waals surface area contributed by atoms with Crippen LogP contribution in [0.2, 0.25) is 0 Å². The molecule has 0 aliphatic carbocycles. The standard InChI is InChI=1S/C14H18F3NO3/c1-18-7-3-4-8-21-12-6-5-10(14(15,16)17)9-11(12)13(19)20-2/h5-6,9,18H,3-4,7-8H2,1-2H3. The van der Waals surface area contributed by atoms with Gasteiger partial charge in [-0.2, -0.15) is 13.2 Å². The van der Waals surface area contributed by atoms with Crippen LogP contribution in [-0.4, -0.2) is 33.3 Å². The summed E-state index contributed by atoms with van der Waals surface area (Å²) < 4.78 is 47.8. The molecular weight excluding hydrogens is 287 g/mol. The number of nitrogens with one attached hydrogen (secondary N) is 1. The first-order valence-corrected chi connectivity index (χ1v) is 6.47. The lowest BCUT2D eigenvalue weighted by Crippen LogP contribution is -2.12. The highest BCUT2D eigenvalue weighted by Gasteiger charge is 2.32. The summed E-state index contributed by atoms with van der Waals surface area (Å²) in [5, 5.41) is 2.97. The zero-order valence-electron chi connectivity index (χ0n) is 11.9. The molecule has 0 bridgehead atoms. The Balaban J connectivity index is 2.85. The van der Waals surface area contributed by atoms with Gasteiger partial charge in [0.2, 0.25) is 0 Å². The minimum absolute atomic E-state index is 0.0966. The number of benzene rings is 1. The topological polar surface area (TPSA) is 47.6 Å². The van der Waals surface area contributed by atoms with Gasteiger partial charge in [0.05, 0.1) is 19.3 Å². The summed E-state index contributed by atoms with van der Waals surface area (Å²) in [6.45, 7) is 1.14. The van der Waals surface area contributed by atoms with Crippen molar-refractivity contribution in [3.63, 3.8) is 0 Å². The second kappa shape index (κ2) is 7.87. The third-order valence-corrected chi connectivity index (χ3v) is 2.79. The van der Waals surface area contributed by atoms with Gasteiger partial charge in [0.25, 0.3) is 0 Å². The number of carbonyl (C=O) groups is 1. The van der Waals surface area contributed by atoms with Crippen molar-refractivity contribution in [2.45, 2.75) is 19.0 Å². The van der Waals surface area contributed by atoms with Gasteiger partial charge in [-0.3, -0.25) is 0 Å². The van der Waals surface area contributed by atoms with Crippen LogP contribution in [0.3, 0.4) is 0 Å². The number of hydrogen-bond donors (Lipinski definition) is 1. The molecule has 0 aliphatic heterocycles. The Morgan fingerprint density at radius 1 is 1.29 bits per heavy atom. The van der Waals surface area contributed by atoms with Gasteiger partial charge in [-0.15, -0.1) is 0 Å². The summed E-state index contributed by atoms with van der Waals surface area (Å²) in [6, 6.07) is 2.78. The van der Waals surface area contributed by atoms with Crippen molar-refractivity contribution in [1.82, 2.24) is 5.32 Å². The molecule has 0 spiro atoms. The molecule has 0 radical (unpaired) electrons. The maximum Gasteiger partial charge on any atom is 0.416 e. The fraction of sp³-hybridized carbons (Fsp3) is 0.500. The molecule has 4 nitrogen and oxygen atoms in total. The summed E-state index contributed by atoms with van der Waals surface area (Å²) in [5.41, 5.74) is -1.13. The third-order valence-electron chi connectivity index (χ3n) is 2.79. The lowest BCUT2D eigenvalue weighted by Gasteiger charge is -2.13. The van der Waals surface area contributed by atoms with Crippen molar-refractivity contribution >= 4 is 5.97 Å². The van der Waals surface area contributed by atoms with E-state index in [4.69, 9.17) is 4.74 Å². The van der Waals surface area contributed by atoms with Gasteiger partial charge in [-0.05, 0) is 44.6 Å². The quantitative estimate of drug-likeness (QED) is 0.621. The zero-order valence-corrected chi connectivity index (χ0v) is 11.9. The molecular formula is C14H18F3NO3. The molecule has 0 saturated heterocycles. The van der Waals surface area contributed by atoms with Crippen LogP contribution in [0.25, 0.3) is 0 Å². The maximum atomic E-state index is 12.7. The summed E-state index contributed by atoms with van der Waals surface area (Å²) in [5.74, 6) is -0.759. The molecule has 21 heavy (non-hydrogen) atoms. The van der Waals surface area contributed by atoms with Crippen molar-refractivity contribution in [2.75, 3.05) is 27.3 Å². The summed E-state index contributed by atoms with van der Waals surface area (Å²) >= 11 is 0. The van der Waals surface area contributed by atoms with E-state index in [-0.39, 0.29) is 11.3 Å². The van der Waals surface area contributed by atoms with Crippen molar-refractivity contribution in [2.24, 2.45) is 0 Å². The molecule has 1 rings (SSSR count). The highest BCUT2D eigenvalue weighted by atomic mass is 19.4. The fourth-order valence-electron chi connectivity index (χ4n) is 1.69. The molecule has 0 saturated carbocycles. The Morgan fingerprint density at radius 2 is 2.00 bits per heavy atom. The van der Waals surface area contributed by atoms with Gasteiger partial charge in [0.15, 0.2) is 0 Å². The van der Waals surface area contributed by atoms with Crippen LogP contribution in [0.15, 0.2) is 18.2 Å². The third kappa shape index (κ3) is 5.26. The number of alkyl halides is 3. The largest absolute Gasteiger partial charge is 0.493 e. The molecule has 0 fully saturated rings. The molecule has 0 aliphatic rings. The molecule has 0 unspecified atom stereocenters. The summed E-state index contributed by atoms with van der Waals surface area (Å²) in [6.07, 6.45) is -2.93. The number of hydrogen-bond acceptors (Lipinski definition) is 4. The van der Waals surface area contributed by atoms with Crippen LogP contribution >= 0.6 is 0 Å². The van der Waals surface area contributed by atoms with Crippen molar-refractivity contribution in [3.05, 3.63) is 29.3 Å². The maximum absolute atomic E-state index is 12.7. The van der Waals surface area contributed by atoms with E-state index in [1.165, 1.54) is 0 Å². The minimum atomic E-state index is -4.52. The summed E-state index contributed by atoms with van der Waals surface area (Å²) in [7, 11) is 2.94. The molecule has 1 aromatic carbocycles. The van der Waals surface area contributed by atoms with E-state index in [1.807, 2.05) is 7.05 Å². The number of methoxy groups -OCH3 is 1. The number of unbranched alkanes of at least 4 members (excludes halogenated alkanes) is 1. The molecule has 118 valence electrons. The second-order valence-corrected chi connectivity index (χ2v) is 4.36. The smallest absolute Gasteiger partial charge is 0.416 e. The van der Waals surface area contributed by atoms with Gasteiger partial charge < -0.3 is 14.8 Å². The SMILES string of the molecule is CNCCCCOc1ccc(C(F)(F)F)cc1C(=O)OC.